The Balaban J connectivity index is 1.67. The monoisotopic (exact) mass is 305 g/mol. The summed E-state index contributed by atoms with van der Waals surface area (Å²) in [6.07, 6.45) is 3.47. The lowest BCUT2D eigenvalue weighted by Crippen LogP contribution is -2.32. The SMILES string of the molecule is C[C@H](Nc1ccc2c(c1)CCC2)C(=O)Nc1ccccc1C#N. The Bertz CT molecular complexity index is 776. The highest BCUT2D eigenvalue weighted by Gasteiger charge is 2.16. The molecule has 0 spiro atoms. The summed E-state index contributed by atoms with van der Waals surface area (Å²) in [6.45, 7) is 1.82. The molecule has 23 heavy (non-hydrogen) atoms. The molecule has 0 heterocycles. The number of rotatable bonds is 4. The minimum atomic E-state index is -0.388. The van der Waals surface area contributed by atoms with Gasteiger partial charge in [0.05, 0.1) is 11.3 Å². The molecule has 0 bridgehead atoms. The van der Waals surface area contributed by atoms with Crippen LogP contribution in [0.5, 0.6) is 0 Å². The highest BCUT2D eigenvalue weighted by molar-refractivity contribution is 5.97. The Morgan fingerprint density at radius 2 is 1.96 bits per heavy atom. The van der Waals surface area contributed by atoms with Crippen LogP contribution in [0.2, 0.25) is 0 Å². The summed E-state index contributed by atoms with van der Waals surface area (Å²) in [5, 5.41) is 15.1. The van der Waals surface area contributed by atoms with Crippen LogP contribution in [0.3, 0.4) is 0 Å². The van der Waals surface area contributed by atoms with E-state index in [-0.39, 0.29) is 11.9 Å². The van der Waals surface area contributed by atoms with Gasteiger partial charge in [-0.15, -0.1) is 0 Å². The zero-order valence-electron chi connectivity index (χ0n) is 13.1. The van der Waals surface area contributed by atoms with Crippen molar-refractivity contribution < 1.29 is 4.79 Å². The number of carbonyl (C=O) groups excluding carboxylic acids is 1. The van der Waals surface area contributed by atoms with Gasteiger partial charge in [0, 0.05) is 5.69 Å². The Kier molecular flexibility index (Phi) is 4.29. The number of nitriles is 1. The molecule has 0 unspecified atom stereocenters. The lowest BCUT2D eigenvalue weighted by atomic mass is 10.1. The number of aryl methyl sites for hydroxylation is 2. The van der Waals surface area contributed by atoms with E-state index in [1.165, 1.54) is 17.5 Å². The molecule has 1 aliphatic rings. The number of amides is 1. The first-order valence-electron chi connectivity index (χ1n) is 7.85. The molecule has 0 saturated heterocycles. The molecule has 4 nitrogen and oxygen atoms in total. The van der Waals surface area contributed by atoms with E-state index in [0.717, 1.165) is 18.5 Å². The van der Waals surface area contributed by atoms with E-state index in [1.54, 1.807) is 24.3 Å². The molecule has 4 heteroatoms. The van der Waals surface area contributed by atoms with Crippen LogP contribution < -0.4 is 10.6 Å². The maximum Gasteiger partial charge on any atom is 0.246 e. The largest absolute Gasteiger partial charge is 0.374 e. The van der Waals surface area contributed by atoms with Gasteiger partial charge < -0.3 is 10.6 Å². The van der Waals surface area contributed by atoms with E-state index < -0.39 is 0 Å². The van der Waals surface area contributed by atoms with Gasteiger partial charge in [0.2, 0.25) is 5.91 Å². The van der Waals surface area contributed by atoms with Crippen molar-refractivity contribution in [2.45, 2.75) is 32.2 Å². The maximum absolute atomic E-state index is 12.3. The number of fused-ring (bicyclic) bond motifs is 1. The fourth-order valence-corrected chi connectivity index (χ4v) is 2.91. The fraction of sp³-hybridized carbons (Fsp3) is 0.263. The third kappa shape index (κ3) is 3.35. The zero-order valence-corrected chi connectivity index (χ0v) is 13.1. The zero-order chi connectivity index (χ0) is 16.2. The molecule has 0 radical (unpaired) electrons. The van der Waals surface area contributed by atoms with Gasteiger partial charge in [-0.2, -0.15) is 5.26 Å². The van der Waals surface area contributed by atoms with Crippen LogP contribution in [0, 0.1) is 11.3 Å². The van der Waals surface area contributed by atoms with Crippen LogP contribution in [0.4, 0.5) is 11.4 Å². The average molecular weight is 305 g/mol. The van der Waals surface area contributed by atoms with Crippen LogP contribution in [-0.2, 0) is 17.6 Å². The van der Waals surface area contributed by atoms with Crippen molar-refractivity contribution in [3.63, 3.8) is 0 Å². The molecule has 1 atom stereocenters. The van der Waals surface area contributed by atoms with E-state index in [4.69, 9.17) is 5.26 Å². The van der Waals surface area contributed by atoms with Gasteiger partial charge in [-0.1, -0.05) is 18.2 Å². The Hall–Kier alpha value is -2.80. The molecule has 1 amide bonds. The van der Waals surface area contributed by atoms with Crippen LogP contribution in [0.1, 0.15) is 30.0 Å². The summed E-state index contributed by atoms with van der Waals surface area (Å²) in [5.74, 6) is -0.159. The Morgan fingerprint density at radius 1 is 1.17 bits per heavy atom. The van der Waals surface area contributed by atoms with Gasteiger partial charge in [-0.25, -0.2) is 0 Å². The summed E-state index contributed by atoms with van der Waals surface area (Å²) < 4.78 is 0. The summed E-state index contributed by atoms with van der Waals surface area (Å²) in [6, 6.07) is 15.0. The third-order valence-electron chi connectivity index (χ3n) is 4.18. The second-order valence-corrected chi connectivity index (χ2v) is 5.85. The van der Waals surface area contributed by atoms with E-state index in [9.17, 15) is 4.79 Å². The highest BCUT2D eigenvalue weighted by atomic mass is 16.2. The summed E-state index contributed by atoms with van der Waals surface area (Å²) in [5.41, 5.74) is 4.75. The topological polar surface area (TPSA) is 64.9 Å². The van der Waals surface area contributed by atoms with Crippen molar-refractivity contribution in [3.05, 3.63) is 59.2 Å². The predicted octanol–water partition coefficient (Wildman–Crippen LogP) is 3.49. The van der Waals surface area contributed by atoms with Crippen molar-refractivity contribution >= 4 is 17.3 Å². The van der Waals surface area contributed by atoms with Crippen molar-refractivity contribution in [1.29, 1.82) is 5.26 Å². The van der Waals surface area contributed by atoms with E-state index in [0.29, 0.717) is 11.3 Å². The first kappa shape index (κ1) is 15.1. The normalized spacial score (nSPS) is 13.7. The number of nitrogens with one attached hydrogen (secondary N) is 2. The number of carbonyl (C=O) groups is 1. The van der Waals surface area contributed by atoms with Gasteiger partial charge >= 0.3 is 0 Å². The molecule has 0 fully saturated rings. The second kappa shape index (κ2) is 6.53. The van der Waals surface area contributed by atoms with Gasteiger partial charge in [-0.05, 0) is 61.6 Å². The minimum absolute atomic E-state index is 0.159. The highest BCUT2D eigenvalue weighted by Crippen LogP contribution is 2.25. The van der Waals surface area contributed by atoms with E-state index in [2.05, 4.69) is 28.8 Å². The van der Waals surface area contributed by atoms with Crippen molar-refractivity contribution in [3.8, 4) is 6.07 Å². The molecule has 2 N–H and O–H groups in total. The van der Waals surface area contributed by atoms with Crippen LogP contribution in [0.15, 0.2) is 42.5 Å². The molecular weight excluding hydrogens is 286 g/mol. The maximum atomic E-state index is 12.3. The van der Waals surface area contributed by atoms with Gasteiger partial charge in [0.1, 0.15) is 12.1 Å². The lowest BCUT2D eigenvalue weighted by Gasteiger charge is -2.16. The quantitative estimate of drug-likeness (QED) is 0.909. The standard InChI is InChI=1S/C19H19N3O/c1-13(19(23)22-18-8-3-2-5-16(18)12-20)21-17-10-9-14-6-4-7-15(14)11-17/h2-3,5,8-11,13,21H,4,6-7H2,1H3,(H,22,23)/t13-/m0/s1. The van der Waals surface area contributed by atoms with E-state index in [1.807, 2.05) is 13.0 Å². The lowest BCUT2D eigenvalue weighted by molar-refractivity contribution is -0.116. The molecule has 0 aromatic heterocycles. The molecular formula is C19H19N3O. The second-order valence-electron chi connectivity index (χ2n) is 5.85. The molecule has 116 valence electrons. The average Bonchev–Trinajstić information content (AvgIpc) is 3.03. The number of hydrogen-bond donors (Lipinski definition) is 2. The Morgan fingerprint density at radius 3 is 2.78 bits per heavy atom. The van der Waals surface area contributed by atoms with Crippen molar-refractivity contribution in [2.75, 3.05) is 10.6 Å². The first-order valence-corrected chi connectivity index (χ1v) is 7.85. The molecule has 3 rings (SSSR count). The number of hydrogen-bond acceptors (Lipinski definition) is 3. The third-order valence-corrected chi connectivity index (χ3v) is 4.18. The fourth-order valence-electron chi connectivity index (χ4n) is 2.91. The number of para-hydroxylation sites is 1. The van der Waals surface area contributed by atoms with Crippen molar-refractivity contribution in [2.24, 2.45) is 0 Å². The molecule has 2 aromatic rings. The predicted molar refractivity (Wildman–Crippen MR) is 91.3 cm³/mol. The molecule has 0 aliphatic heterocycles. The number of anilines is 2. The van der Waals surface area contributed by atoms with E-state index >= 15 is 0 Å². The van der Waals surface area contributed by atoms with Gasteiger partial charge in [0.15, 0.2) is 0 Å². The molecule has 2 aromatic carbocycles. The van der Waals surface area contributed by atoms with Crippen LogP contribution in [-0.4, -0.2) is 11.9 Å². The number of nitrogens with zero attached hydrogens (tertiary/aromatic N) is 1. The van der Waals surface area contributed by atoms with Crippen LogP contribution >= 0.6 is 0 Å². The molecule has 0 saturated carbocycles. The van der Waals surface area contributed by atoms with Gasteiger partial charge in [0.25, 0.3) is 0 Å². The van der Waals surface area contributed by atoms with Gasteiger partial charge in [-0.3, -0.25) is 4.79 Å². The summed E-state index contributed by atoms with van der Waals surface area (Å²) >= 11 is 0. The van der Waals surface area contributed by atoms with Crippen molar-refractivity contribution in [1.82, 2.24) is 0 Å². The van der Waals surface area contributed by atoms with Crippen LogP contribution in [0.25, 0.3) is 0 Å². The Labute approximate surface area is 136 Å². The molecule has 1 aliphatic carbocycles. The summed E-state index contributed by atoms with van der Waals surface area (Å²) in [4.78, 5) is 12.3. The summed E-state index contributed by atoms with van der Waals surface area (Å²) in [7, 11) is 0. The number of benzene rings is 2. The smallest absolute Gasteiger partial charge is 0.246 e. The first-order chi connectivity index (χ1) is 11.2. The minimum Gasteiger partial charge on any atom is -0.374 e.